The van der Waals surface area contributed by atoms with Crippen LogP contribution in [0.4, 0.5) is 0 Å². The van der Waals surface area contributed by atoms with Crippen molar-refractivity contribution in [2.24, 2.45) is 0 Å². The first kappa shape index (κ1) is 38.7. The lowest BCUT2D eigenvalue weighted by atomic mass is 9.83. The van der Waals surface area contributed by atoms with Gasteiger partial charge in [-0.15, -0.1) is 0 Å². The van der Waals surface area contributed by atoms with Crippen molar-refractivity contribution in [1.82, 2.24) is 15.0 Å². The molecule has 0 radical (unpaired) electrons. The molecular formula is C64H36N4O. The van der Waals surface area contributed by atoms with Crippen LogP contribution in [0.5, 0.6) is 0 Å². The highest BCUT2D eigenvalue weighted by Crippen LogP contribution is 2.54. The van der Waals surface area contributed by atoms with E-state index in [0.717, 1.165) is 93.6 Å². The molecule has 0 saturated heterocycles. The molecule has 0 spiro atoms. The molecule has 0 unspecified atom stereocenters. The molecule has 0 saturated carbocycles. The Morgan fingerprint density at radius 1 is 0.304 bits per heavy atom. The largest absolute Gasteiger partial charge is 0.456 e. The molecule has 2 aromatic heterocycles. The van der Waals surface area contributed by atoms with E-state index in [-0.39, 0.29) is 0 Å². The number of hydrogen-bond acceptors (Lipinski definition) is 5. The minimum atomic E-state index is 0.595. The highest BCUT2D eigenvalue weighted by molar-refractivity contribution is 6.28. The van der Waals surface area contributed by atoms with Crippen LogP contribution in [0.2, 0.25) is 0 Å². The van der Waals surface area contributed by atoms with Crippen molar-refractivity contribution >= 4 is 54.3 Å². The van der Waals surface area contributed by atoms with Gasteiger partial charge in [-0.2, -0.15) is 5.26 Å². The second kappa shape index (κ2) is 15.3. The van der Waals surface area contributed by atoms with Gasteiger partial charge in [-0.3, -0.25) is 0 Å². The third kappa shape index (κ3) is 6.06. The number of para-hydroxylation sites is 1. The molecule has 0 aliphatic heterocycles. The summed E-state index contributed by atoms with van der Waals surface area (Å²) in [5.41, 5.74) is 16.8. The smallest absolute Gasteiger partial charge is 0.165 e. The van der Waals surface area contributed by atoms with Crippen molar-refractivity contribution in [2.75, 3.05) is 0 Å². The van der Waals surface area contributed by atoms with Gasteiger partial charge in [-0.1, -0.05) is 188 Å². The van der Waals surface area contributed by atoms with Gasteiger partial charge in [0.25, 0.3) is 0 Å². The molecular weight excluding hydrogens is 841 g/mol. The van der Waals surface area contributed by atoms with Crippen LogP contribution < -0.4 is 0 Å². The standard InChI is InChI=1S/C64H36N4O/c65-37-38-22-24-40(25-23-38)44-31-32-52-45-14-4-5-15-46(45)53-33-34-54(59(44)60(52)53)58-48-17-6-8-19-50(48)61(51-20-9-7-18-49(51)58)64-67-62(41-12-2-1-3-13-41)66-63(68-64)42-28-26-39(27-29-42)43-30-35-57-55(36-43)47-16-10-11-21-56(47)69-57/h1-36H. The lowest BCUT2D eigenvalue weighted by Gasteiger charge is -2.20. The van der Waals surface area contributed by atoms with E-state index in [2.05, 4.69) is 182 Å². The molecule has 5 nitrogen and oxygen atoms in total. The fourth-order valence-corrected chi connectivity index (χ4v) is 10.8. The average molecular weight is 877 g/mol. The average Bonchev–Trinajstić information content (AvgIpc) is 3.96. The first-order valence-corrected chi connectivity index (χ1v) is 23.1. The first-order chi connectivity index (χ1) is 34.2. The van der Waals surface area contributed by atoms with Gasteiger partial charge in [0.1, 0.15) is 11.2 Å². The van der Waals surface area contributed by atoms with Crippen LogP contribution in [0.25, 0.3) is 144 Å². The Hall–Kier alpha value is -9.50. The maximum atomic E-state index is 9.73. The van der Waals surface area contributed by atoms with Crippen LogP contribution in [0, 0.1) is 11.3 Å². The van der Waals surface area contributed by atoms with Crippen molar-refractivity contribution in [1.29, 1.82) is 5.26 Å². The molecule has 0 bridgehead atoms. The second-order valence-corrected chi connectivity index (χ2v) is 17.7. The van der Waals surface area contributed by atoms with E-state index in [1.807, 2.05) is 42.5 Å². The zero-order chi connectivity index (χ0) is 45.6. The van der Waals surface area contributed by atoms with Crippen LogP contribution in [-0.2, 0) is 0 Å². The van der Waals surface area contributed by atoms with Gasteiger partial charge < -0.3 is 4.42 Å². The Kier molecular flexibility index (Phi) is 8.58. The summed E-state index contributed by atoms with van der Waals surface area (Å²) in [6.07, 6.45) is 0. The predicted octanol–water partition coefficient (Wildman–Crippen LogP) is 16.8. The monoisotopic (exact) mass is 876 g/mol. The maximum Gasteiger partial charge on any atom is 0.165 e. The van der Waals surface area contributed by atoms with E-state index >= 15 is 0 Å². The molecule has 11 aromatic carbocycles. The van der Waals surface area contributed by atoms with Crippen LogP contribution in [0.15, 0.2) is 223 Å². The highest BCUT2D eigenvalue weighted by Gasteiger charge is 2.27. The van der Waals surface area contributed by atoms with E-state index in [1.165, 1.54) is 33.0 Å². The minimum absolute atomic E-state index is 0.595. The number of nitrogens with zero attached hydrogens (tertiary/aromatic N) is 4. The summed E-state index contributed by atoms with van der Waals surface area (Å²) in [4.78, 5) is 15.9. The molecule has 5 heteroatoms. The number of nitriles is 1. The Bertz CT molecular complexity index is 4210. The summed E-state index contributed by atoms with van der Waals surface area (Å²) < 4.78 is 6.13. The normalized spacial score (nSPS) is 11.8. The van der Waals surface area contributed by atoms with Gasteiger partial charge in [0.2, 0.25) is 0 Å². The van der Waals surface area contributed by atoms with Crippen LogP contribution in [0.3, 0.4) is 0 Å². The molecule has 2 heterocycles. The van der Waals surface area contributed by atoms with Gasteiger partial charge in [0.05, 0.1) is 11.6 Å². The van der Waals surface area contributed by atoms with Crippen molar-refractivity contribution in [2.45, 2.75) is 0 Å². The molecule has 69 heavy (non-hydrogen) atoms. The molecule has 0 fully saturated rings. The zero-order valence-corrected chi connectivity index (χ0v) is 37.0. The van der Waals surface area contributed by atoms with Crippen molar-refractivity contribution in [3.63, 3.8) is 0 Å². The molecule has 1 aliphatic rings. The maximum absolute atomic E-state index is 9.73. The Morgan fingerprint density at radius 3 is 1.42 bits per heavy atom. The van der Waals surface area contributed by atoms with Crippen molar-refractivity contribution in [3.8, 4) is 95.9 Å². The number of aromatic nitrogens is 3. The lowest BCUT2D eigenvalue weighted by Crippen LogP contribution is -2.02. The second-order valence-electron chi connectivity index (χ2n) is 17.7. The Labute approximate surface area is 396 Å². The highest BCUT2D eigenvalue weighted by atomic mass is 16.3. The van der Waals surface area contributed by atoms with Gasteiger partial charge in [-0.25, -0.2) is 15.0 Å². The third-order valence-electron chi connectivity index (χ3n) is 13.9. The SMILES string of the molecule is N#Cc1ccc(-c2ccc3c4c(ccc(-c5c6ccccc6c(-c6nc(-c7ccccc7)nc(-c7ccc(-c8ccc9oc%10ccccc%10c9c8)cc7)n6)c6ccccc56)c24)-c2ccccc2-3)cc1. The first-order valence-electron chi connectivity index (χ1n) is 23.1. The fourth-order valence-electron chi connectivity index (χ4n) is 10.8. The quantitative estimate of drug-likeness (QED) is 0.156. The van der Waals surface area contributed by atoms with E-state index in [1.54, 1.807) is 0 Å². The van der Waals surface area contributed by atoms with Gasteiger partial charge >= 0.3 is 0 Å². The molecule has 318 valence electrons. The summed E-state index contributed by atoms with van der Waals surface area (Å²) in [6.45, 7) is 0. The Morgan fingerprint density at radius 2 is 0.768 bits per heavy atom. The van der Waals surface area contributed by atoms with Crippen LogP contribution >= 0.6 is 0 Å². The Balaban J connectivity index is 0.985. The predicted molar refractivity (Wildman–Crippen MR) is 281 cm³/mol. The van der Waals surface area contributed by atoms with Crippen molar-refractivity contribution < 1.29 is 4.42 Å². The van der Waals surface area contributed by atoms with E-state index in [9.17, 15) is 5.26 Å². The van der Waals surface area contributed by atoms with Gasteiger partial charge in [0.15, 0.2) is 17.5 Å². The zero-order valence-electron chi connectivity index (χ0n) is 37.0. The van der Waals surface area contributed by atoms with E-state index in [0.29, 0.717) is 23.0 Å². The topological polar surface area (TPSA) is 75.6 Å². The molecule has 0 atom stereocenters. The van der Waals surface area contributed by atoms with Crippen LogP contribution in [0.1, 0.15) is 5.56 Å². The summed E-state index contributed by atoms with van der Waals surface area (Å²) in [5.74, 6) is 1.81. The van der Waals surface area contributed by atoms with E-state index < -0.39 is 0 Å². The summed E-state index contributed by atoms with van der Waals surface area (Å²) in [5, 5.41) is 18.6. The fraction of sp³-hybridized carbons (Fsp3) is 0. The summed E-state index contributed by atoms with van der Waals surface area (Å²) >= 11 is 0. The summed E-state index contributed by atoms with van der Waals surface area (Å²) in [7, 11) is 0. The summed E-state index contributed by atoms with van der Waals surface area (Å²) in [6, 6.07) is 78.8. The number of benzene rings is 11. The molecule has 13 aromatic rings. The van der Waals surface area contributed by atoms with Gasteiger partial charge in [0, 0.05) is 27.5 Å². The minimum Gasteiger partial charge on any atom is -0.456 e. The number of rotatable bonds is 6. The van der Waals surface area contributed by atoms with Gasteiger partial charge in [-0.05, 0) is 118 Å². The van der Waals surface area contributed by atoms with Crippen molar-refractivity contribution in [3.05, 3.63) is 224 Å². The molecule has 1 aliphatic carbocycles. The van der Waals surface area contributed by atoms with Crippen LogP contribution in [-0.4, -0.2) is 15.0 Å². The molecule has 0 N–H and O–H groups in total. The number of furan rings is 1. The third-order valence-corrected chi connectivity index (χ3v) is 13.9. The molecule has 14 rings (SSSR count). The number of hydrogen-bond donors (Lipinski definition) is 0. The van der Waals surface area contributed by atoms with E-state index in [4.69, 9.17) is 19.4 Å². The lowest BCUT2D eigenvalue weighted by molar-refractivity contribution is 0.669. The molecule has 0 amide bonds. The number of fused-ring (bicyclic) bond motifs is 8.